The summed E-state index contributed by atoms with van der Waals surface area (Å²) in [6.07, 6.45) is 0. The molecule has 0 aliphatic rings. The summed E-state index contributed by atoms with van der Waals surface area (Å²) in [4.78, 5) is 0. The van der Waals surface area contributed by atoms with Gasteiger partial charge in [-0.05, 0) is 32.7 Å². The number of hydrogen-bond acceptors (Lipinski definition) is 1. The summed E-state index contributed by atoms with van der Waals surface area (Å²) in [5, 5.41) is 0. The van der Waals surface area contributed by atoms with Gasteiger partial charge >= 0.3 is 0 Å². The van der Waals surface area contributed by atoms with E-state index in [0.717, 1.165) is 0 Å². The lowest BCUT2D eigenvalue weighted by molar-refractivity contribution is 0.575. The third-order valence-corrected chi connectivity index (χ3v) is 6.18. The summed E-state index contributed by atoms with van der Waals surface area (Å²) >= 11 is 0. The van der Waals surface area contributed by atoms with Crippen molar-refractivity contribution in [2.45, 2.75) is 32.7 Å². The van der Waals surface area contributed by atoms with Gasteiger partial charge in [-0.15, -0.1) is 8.79 Å². The molecule has 9 heavy (non-hydrogen) atoms. The molecule has 0 N–H and O–H groups in total. The minimum Gasteiger partial charge on any atom is -0.453 e. The first-order valence-electron chi connectivity index (χ1n) is 3.20. The third-order valence-electron chi connectivity index (χ3n) is 0.569. The fourth-order valence-corrected chi connectivity index (χ4v) is 10.3. The number of rotatable bonds is 2. The smallest absolute Gasteiger partial charge is 0.193 e. The van der Waals surface area contributed by atoms with Crippen LogP contribution in [0.15, 0.2) is 0 Å². The first-order chi connectivity index (χ1) is 3.71. The minimum atomic E-state index is -1.31. The maximum absolute atomic E-state index is 5.87. The van der Waals surface area contributed by atoms with E-state index in [2.05, 4.69) is 41.5 Å². The van der Waals surface area contributed by atoms with Crippen LogP contribution < -0.4 is 0 Å². The fourth-order valence-electron chi connectivity index (χ4n) is 0.789. The summed E-state index contributed by atoms with van der Waals surface area (Å²) in [6, 6.07) is 0. The van der Waals surface area contributed by atoms with E-state index in [-0.39, 0.29) is 0 Å². The average molecular weight is 180 g/mol. The Morgan fingerprint density at radius 1 is 1.00 bits per heavy atom. The molecule has 0 fully saturated rings. The summed E-state index contributed by atoms with van der Waals surface area (Å²) < 4.78 is 5.87. The van der Waals surface area contributed by atoms with E-state index in [1.807, 2.05) is 0 Å². The highest BCUT2D eigenvalue weighted by Gasteiger charge is 2.24. The Morgan fingerprint density at radius 2 is 1.33 bits per heavy atom. The van der Waals surface area contributed by atoms with Crippen LogP contribution in [0.3, 0.4) is 0 Å². The van der Waals surface area contributed by atoms with Crippen LogP contribution >= 0.6 is 8.79 Å². The molecule has 1 nitrogen and oxygen atoms in total. The second-order valence-corrected chi connectivity index (χ2v) is 16.2. The van der Waals surface area contributed by atoms with Crippen molar-refractivity contribution >= 4 is 25.1 Å². The van der Waals surface area contributed by atoms with Gasteiger partial charge in [0, 0.05) is 0 Å². The van der Waals surface area contributed by atoms with Gasteiger partial charge in [0.1, 0.15) is 0 Å². The van der Waals surface area contributed by atoms with Crippen LogP contribution in [-0.4, -0.2) is 16.3 Å². The van der Waals surface area contributed by atoms with Crippen LogP contribution in [-0.2, 0) is 4.12 Å². The van der Waals surface area contributed by atoms with E-state index in [1.54, 1.807) is 0 Å². The van der Waals surface area contributed by atoms with Crippen molar-refractivity contribution in [2.24, 2.45) is 0 Å². The Labute approximate surface area is 62.5 Å². The highest BCUT2D eigenvalue weighted by atomic mass is 31.3. The second-order valence-electron chi connectivity index (χ2n) is 3.82. The largest absolute Gasteiger partial charge is 0.453 e. The second kappa shape index (κ2) is 2.83. The summed E-state index contributed by atoms with van der Waals surface area (Å²) in [5.74, 6) is 0. The van der Waals surface area contributed by atoms with Crippen LogP contribution in [0.4, 0.5) is 0 Å². The zero-order valence-corrected chi connectivity index (χ0v) is 10.1. The quantitative estimate of drug-likeness (QED) is 0.468. The van der Waals surface area contributed by atoms with Crippen LogP contribution in [0.2, 0.25) is 32.7 Å². The molecule has 0 saturated carbocycles. The Balaban J connectivity index is 3.75. The molecule has 56 valence electrons. The molecule has 0 bridgehead atoms. The predicted molar refractivity (Wildman–Crippen MR) is 51.6 cm³/mol. The van der Waals surface area contributed by atoms with E-state index in [0.29, 0.717) is 0 Å². The molecular formula is C5H17OPSi2. The van der Waals surface area contributed by atoms with Gasteiger partial charge in [-0.3, -0.25) is 0 Å². The summed E-state index contributed by atoms with van der Waals surface area (Å²) in [5.41, 5.74) is 0. The molecule has 0 aromatic rings. The van der Waals surface area contributed by atoms with E-state index in [4.69, 9.17) is 4.12 Å². The van der Waals surface area contributed by atoms with Crippen molar-refractivity contribution in [3.8, 4) is 0 Å². The van der Waals surface area contributed by atoms with Crippen molar-refractivity contribution in [3.05, 3.63) is 0 Å². The highest BCUT2D eigenvalue weighted by molar-refractivity contribution is 7.67. The first-order valence-corrected chi connectivity index (χ1v) is 11.3. The maximum atomic E-state index is 5.87. The molecule has 0 aromatic carbocycles. The molecular weight excluding hydrogens is 163 g/mol. The van der Waals surface area contributed by atoms with Crippen molar-refractivity contribution < 1.29 is 4.12 Å². The van der Waals surface area contributed by atoms with Gasteiger partial charge in [0.25, 0.3) is 0 Å². The standard InChI is InChI=1S/C5H17OPSi2/c1-8(2,3)6-9(4,5)7/h7H2,1-5H3. The summed E-state index contributed by atoms with van der Waals surface area (Å²) in [6.45, 7) is 11.1. The van der Waals surface area contributed by atoms with E-state index < -0.39 is 16.3 Å². The van der Waals surface area contributed by atoms with Gasteiger partial charge in [-0.1, -0.05) is 0 Å². The molecule has 0 heterocycles. The lowest BCUT2D eigenvalue weighted by atomic mass is 11.8. The van der Waals surface area contributed by atoms with E-state index >= 15 is 0 Å². The van der Waals surface area contributed by atoms with Gasteiger partial charge in [0.2, 0.25) is 0 Å². The molecule has 0 aromatic heterocycles. The lowest BCUT2D eigenvalue weighted by Crippen LogP contribution is -2.37. The third kappa shape index (κ3) is 8.82. The minimum absolute atomic E-state index is 1.25. The molecule has 0 aliphatic carbocycles. The van der Waals surface area contributed by atoms with Crippen LogP contribution in [0.1, 0.15) is 0 Å². The number of hydrogen-bond donors (Lipinski definition) is 0. The molecule has 0 amide bonds. The molecule has 0 rings (SSSR count). The molecule has 4 heteroatoms. The topological polar surface area (TPSA) is 9.23 Å². The highest BCUT2D eigenvalue weighted by Crippen LogP contribution is 2.18. The van der Waals surface area contributed by atoms with Gasteiger partial charge in [-0.2, -0.15) is 0 Å². The van der Waals surface area contributed by atoms with Crippen molar-refractivity contribution in [3.63, 3.8) is 0 Å². The van der Waals surface area contributed by atoms with Crippen molar-refractivity contribution in [1.82, 2.24) is 0 Å². The molecule has 0 aliphatic heterocycles. The Bertz CT molecular complexity index is 80.1. The zero-order valence-electron chi connectivity index (χ0n) is 6.99. The van der Waals surface area contributed by atoms with Crippen LogP contribution in [0.25, 0.3) is 0 Å². The van der Waals surface area contributed by atoms with E-state index in [9.17, 15) is 0 Å². The van der Waals surface area contributed by atoms with Crippen LogP contribution in [0.5, 0.6) is 0 Å². The molecule has 1 atom stereocenters. The predicted octanol–water partition coefficient (Wildman–Crippen LogP) is 2.41. The van der Waals surface area contributed by atoms with Gasteiger partial charge in [-0.25, -0.2) is 0 Å². The normalized spacial score (nSPS) is 14.0. The molecule has 0 radical (unpaired) electrons. The molecule has 0 saturated heterocycles. The SMILES string of the molecule is C[Si](C)(C)O[Si](C)(C)P. The molecule has 1 unspecified atom stereocenters. The lowest BCUT2D eigenvalue weighted by Gasteiger charge is -2.27. The Morgan fingerprint density at radius 3 is 1.33 bits per heavy atom. The Kier molecular flexibility index (Phi) is 3.09. The monoisotopic (exact) mass is 180 g/mol. The van der Waals surface area contributed by atoms with Gasteiger partial charge in [0.05, 0.1) is 0 Å². The van der Waals surface area contributed by atoms with Crippen molar-refractivity contribution in [2.75, 3.05) is 0 Å². The van der Waals surface area contributed by atoms with Crippen LogP contribution in [0, 0.1) is 0 Å². The molecule has 0 spiro atoms. The first kappa shape index (κ1) is 9.82. The maximum Gasteiger partial charge on any atom is 0.193 e. The van der Waals surface area contributed by atoms with E-state index in [1.165, 1.54) is 0 Å². The van der Waals surface area contributed by atoms with Gasteiger partial charge < -0.3 is 4.12 Å². The Hall–Kier alpha value is 0.824. The fraction of sp³-hybridized carbons (Fsp3) is 1.00. The summed E-state index contributed by atoms with van der Waals surface area (Å²) in [7, 11) is 0.264. The van der Waals surface area contributed by atoms with Crippen molar-refractivity contribution in [1.29, 1.82) is 0 Å². The zero-order chi connectivity index (χ0) is 7.71. The average Bonchev–Trinajstić information content (AvgIpc) is 1.14. The van der Waals surface area contributed by atoms with Gasteiger partial charge in [0.15, 0.2) is 16.3 Å².